The summed E-state index contributed by atoms with van der Waals surface area (Å²) in [5.41, 5.74) is 0.0879. The summed E-state index contributed by atoms with van der Waals surface area (Å²) < 4.78 is 49.0. The van der Waals surface area contributed by atoms with E-state index in [-0.39, 0.29) is 16.9 Å². The second-order valence-corrected chi connectivity index (χ2v) is 6.22. The molecule has 0 fully saturated rings. The van der Waals surface area contributed by atoms with Crippen LogP contribution in [0.25, 0.3) is 11.0 Å². The number of imidazole rings is 1. The first-order chi connectivity index (χ1) is 7.80. The number of hydrogen-bond donors (Lipinski definition) is 1. The molecule has 1 N–H and O–H groups in total. The maximum atomic E-state index is 13.4. The van der Waals surface area contributed by atoms with Crippen LogP contribution in [0, 0.1) is 11.6 Å². The summed E-state index contributed by atoms with van der Waals surface area (Å²) in [6.07, 6.45) is 1.06. The lowest BCUT2D eigenvalue weighted by atomic mass is 10.3. The number of hydrogen-bond acceptors (Lipinski definition) is 3. The van der Waals surface area contributed by atoms with Gasteiger partial charge in [-0.05, 0) is 19.1 Å². The summed E-state index contributed by atoms with van der Waals surface area (Å²) in [6.45, 7) is 1.43. The number of aromatic nitrogens is 2. The maximum absolute atomic E-state index is 13.4. The fraction of sp³-hybridized carbons (Fsp3) is 0.300. The van der Waals surface area contributed by atoms with Gasteiger partial charge in [-0.1, -0.05) is 0 Å². The van der Waals surface area contributed by atoms with Crippen LogP contribution in [0.5, 0.6) is 0 Å². The first-order valence-electron chi connectivity index (χ1n) is 4.83. The molecule has 0 aliphatic carbocycles. The molecule has 0 amide bonds. The van der Waals surface area contributed by atoms with E-state index < -0.39 is 26.7 Å². The van der Waals surface area contributed by atoms with Crippen molar-refractivity contribution in [2.24, 2.45) is 0 Å². The number of benzene rings is 1. The van der Waals surface area contributed by atoms with Crippen LogP contribution in [0.3, 0.4) is 0 Å². The highest BCUT2D eigenvalue weighted by Gasteiger charge is 2.22. The molecule has 2 rings (SSSR count). The molecule has 0 aliphatic heterocycles. The van der Waals surface area contributed by atoms with E-state index in [4.69, 9.17) is 0 Å². The Bertz CT molecular complexity index is 679. The summed E-state index contributed by atoms with van der Waals surface area (Å²) in [5, 5.41) is -0.891. The Morgan fingerprint density at radius 3 is 2.59 bits per heavy atom. The highest BCUT2D eigenvalue weighted by atomic mass is 32.2. The minimum absolute atomic E-state index is 0.104. The standard InChI is InChI=1S/C10H10F2N2O2S/c1-5(17(2,15)16)10-13-7-4-3-6(11)8(12)9(7)14-10/h3-5H,1-2H3,(H,13,14). The minimum atomic E-state index is -3.34. The Morgan fingerprint density at radius 2 is 2.00 bits per heavy atom. The molecule has 17 heavy (non-hydrogen) atoms. The van der Waals surface area contributed by atoms with Gasteiger partial charge in [0.1, 0.15) is 16.6 Å². The van der Waals surface area contributed by atoms with Crippen LogP contribution in [0.2, 0.25) is 0 Å². The lowest BCUT2D eigenvalue weighted by Crippen LogP contribution is -2.09. The smallest absolute Gasteiger partial charge is 0.186 e. The summed E-state index contributed by atoms with van der Waals surface area (Å²) in [4.78, 5) is 6.46. The Labute approximate surface area is 96.6 Å². The monoisotopic (exact) mass is 260 g/mol. The van der Waals surface area contributed by atoms with Gasteiger partial charge in [-0.15, -0.1) is 0 Å². The van der Waals surface area contributed by atoms with E-state index in [2.05, 4.69) is 9.97 Å². The lowest BCUT2D eigenvalue weighted by molar-refractivity contribution is 0.515. The fourth-order valence-electron chi connectivity index (χ4n) is 1.43. The third-order valence-electron chi connectivity index (χ3n) is 2.59. The quantitative estimate of drug-likeness (QED) is 0.897. The fourth-order valence-corrected chi connectivity index (χ4v) is 1.95. The minimum Gasteiger partial charge on any atom is -0.341 e. The van der Waals surface area contributed by atoms with E-state index in [0.29, 0.717) is 0 Å². The molecule has 7 heteroatoms. The van der Waals surface area contributed by atoms with Gasteiger partial charge in [0.25, 0.3) is 0 Å². The zero-order valence-electron chi connectivity index (χ0n) is 9.16. The third-order valence-corrected chi connectivity index (χ3v) is 4.10. The van der Waals surface area contributed by atoms with Crippen LogP contribution in [0.4, 0.5) is 8.78 Å². The van der Waals surface area contributed by atoms with E-state index in [0.717, 1.165) is 12.3 Å². The second kappa shape index (κ2) is 3.76. The highest BCUT2D eigenvalue weighted by molar-refractivity contribution is 7.90. The number of aromatic amines is 1. The van der Waals surface area contributed by atoms with Crippen LogP contribution in [-0.4, -0.2) is 24.6 Å². The first-order valence-corrected chi connectivity index (χ1v) is 6.78. The van der Waals surface area contributed by atoms with Gasteiger partial charge < -0.3 is 4.98 Å². The molecule has 1 heterocycles. The molecule has 1 aromatic heterocycles. The van der Waals surface area contributed by atoms with Crippen molar-refractivity contribution >= 4 is 20.9 Å². The number of fused-ring (bicyclic) bond motifs is 1. The van der Waals surface area contributed by atoms with Crippen LogP contribution in [0.1, 0.15) is 18.0 Å². The van der Waals surface area contributed by atoms with Crippen molar-refractivity contribution in [1.29, 1.82) is 0 Å². The van der Waals surface area contributed by atoms with E-state index in [1.807, 2.05) is 0 Å². The van der Waals surface area contributed by atoms with Gasteiger partial charge >= 0.3 is 0 Å². The molecule has 1 aromatic carbocycles. The third kappa shape index (κ3) is 2.02. The molecule has 0 aliphatic rings. The van der Waals surface area contributed by atoms with E-state index in [1.165, 1.54) is 13.0 Å². The molecule has 1 atom stereocenters. The zero-order chi connectivity index (χ0) is 12.8. The number of rotatable bonds is 2. The average Bonchev–Trinajstić information content (AvgIpc) is 2.65. The van der Waals surface area contributed by atoms with Gasteiger partial charge in [-0.25, -0.2) is 22.2 Å². The number of nitrogens with zero attached hydrogens (tertiary/aromatic N) is 1. The second-order valence-electron chi connectivity index (χ2n) is 3.85. The van der Waals surface area contributed by atoms with E-state index in [9.17, 15) is 17.2 Å². The molecule has 0 bridgehead atoms. The summed E-state index contributed by atoms with van der Waals surface area (Å²) >= 11 is 0. The molecular weight excluding hydrogens is 250 g/mol. The van der Waals surface area contributed by atoms with Crippen molar-refractivity contribution in [1.82, 2.24) is 9.97 Å². The molecule has 2 aromatic rings. The van der Waals surface area contributed by atoms with Gasteiger partial charge in [0.2, 0.25) is 0 Å². The molecular formula is C10H10F2N2O2S. The van der Waals surface area contributed by atoms with Crippen molar-refractivity contribution in [2.45, 2.75) is 12.2 Å². The van der Waals surface area contributed by atoms with Crippen LogP contribution in [-0.2, 0) is 9.84 Å². The SMILES string of the molecule is CC(c1nc2c(F)c(F)ccc2[nH]1)S(C)(=O)=O. The average molecular weight is 260 g/mol. The van der Waals surface area contributed by atoms with Crippen molar-refractivity contribution in [3.05, 3.63) is 29.6 Å². The van der Waals surface area contributed by atoms with Crippen molar-refractivity contribution in [3.63, 3.8) is 0 Å². The Hall–Kier alpha value is -1.50. The van der Waals surface area contributed by atoms with Gasteiger partial charge in [-0.2, -0.15) is 0 Å². The van der Waals surface area contributed by atoms with E-state index >= 15 is 0 Å². The van der Waals surface area contributed by atoms with Crippen molar-refractivity contribution in [2.75, 3.05) is 6.26 Å². The Morgan fingerprint density at radius 1 is 1.35 bits per heavy atom. The number of sulfone groups is 1. The molecule has 0 saturated heterocycles. The number of nitrogens with one attached hydrogen (secondary N) is 1. The molecule has 1 unspecified atom stereocenters. The van der Waals surface area contributed by atoms with Crippen LogP contribution in [0.15, 0.2) is 12.1 Å². The largest absolute Gasteiger partial charge is 0.341 e. The van der Waals surface area contributed by atoms with Gasteiger partial charge in [0.15, 0.2) is 21.5 Å². The van der Waals surface area contributed by atoms with Gasteiger partial charge in [0.05, 0.1) is 5.52 Å². The van der Waals surface area contributed by atoms with Crippen LogP contribution < -0.4 is 0 Å². The topological polar surface area (TPSA) is 62.8 Å². The van der Waals surface area contributed by atoms with Gasteiger partial charge in [0, 0.05) is 6.26 Å². The van der Waals surface area contributed by atoms with Gasteiger partial charge in [-0.3, -0.25) is 0 Å². The molecule has 4 nitrogen and oxygen atoms in total. The lowest BCUT2D eigenvalue weighted by Gasteiger charge is -2.04. The predicted octanol–water partition coefficient (Wildman–Crippen LogP) is 1.95. The van der Waals surface area contributed by atoms with Crippen LogP contribution >= 0.6 is 0 Å². The highest BCUT2D eigenvalue weighted by Crippen LogP contribution is 2.23. The first kappa shape index (κ1) is 12.0. The summed E-state index contributed by atoms with van der Waals surface area (Å²) in [6, 6.07) is 2.28. The maximum Gasteiger partial charge on any atom is 0.186 e. The zero-order valence-corrected chi connectivity index (χ0v) is 9.98. The molecule has 0 radical (unpaired) electrons. The molecule has 0 saturated carbocycles. The number of halogens is 2. The Balaban J connectivity index is 2.64. The predicted molar refractivity (Wildman–Crippen MR) is 59.3 cm³/mol. The molecule has 92 valence electrons. The van der Waals surface area contributed by atoms with Crippen molar-refractivity contribution < 1.29 is 17.2 Å². The summed E-state index contributed by atoms with van der Waals surface area (Å²) in [7, 11) is -3.34. The van der Waals surface area contributed by atoms with E-state index in [1.54, 1.807) is 0 Å². The normalized spacial score (nSPS) is 14.1. The van der Waals surface area contributed by atoms with Crippen molar-refractivity contribution in [3.8, 4) is 0 Å². The number of H-pyrrole nitrogens is 1. The summed E-state index contributed by atoms with van der Waals surface area (Å²) in [5.74, 6) is -1.99. The Kier molecular flexibility index (Phi) is 2.65. The molecule has 0 spiro atoms.